The third kappa shape index (κ3) is 3.18. The third-order valence-corrected chi connectivity index (χ3v) is 4.79. The zero-order valence-electron chi connectivity index (χ0n) is 14.6. The number of nitrogens with zero attached hydrogens (tertiary/aromatic N) is 3. The van der Waals surface area contributed by atoms with Gasteiger partial charge in [-0.3, -0.25) is 14.9 Å². The summed E-state index contributed by atoms with van der Waals surface area (Å²) in [7, 11) is 1.65. The van der Waals surface area contributed by atoms with E-state index in [1.54, 1.807) is 25.7 Å². The normalized spacial score (nSPS) is 16.9. The largest absolute Gasteiger partial charge is 0.497 e. The van der Waals surface area contributed by atoms with Crippen molar-refractivity contribution in [3.63, 3.8) is 0 Å². The van der Waals surface area contributed by atoms with Gasteiger partial charge in [-0.05, 0) is 42.7 Å². The van der Waals surface area contributed by atoms with E-state index >= 15 is 0 Å². The van der Waals surface area contributed by atoms with Gasteiger partial charge >= 0.3 is 0 Å². The minimum atomic E-state index is -0.00402. The Morgan fingerprint density at radius 3 is 2.92 bits per heavy atom. The Morgan fingerprint density at radius 2 is 2.19 bits per heavy atom. The van der Waals surface area contributed by atoms with Crippen LogP contribution >= 0.6 is 0 Å². The van der Waals surface area contributed by atoms with Crippen LogP contribution < -0.4 is 9.64 Å². The van der Waals surface area contributed by atoms with Crippen molar-refractivity contribution in [1.82, 2.24) is 15.2 Å². The van der Waals surface area contributed by atoms with E-state index in [0.29, 0.717) is 0 Å². The van der Waals surface area contributed by atoms with Gasteiger partial charge in [0.15, 0.2) is 0 Å². The number of carbonyl (C=O) groups excluding carboxylic acids is 1. The van der Waals surface area contributed by atoms with Crippen molar-refractivity contribution in [2.75, 3.05) is 18.6 Å². The van der Waals surface area contributed by atoms with E-state index in [2.05, 4.69) is 15.2 Å². The van der Waals surface area contributed by atoms with Crippen LogP contribution in [0.15, 0.2) is 55.0 Å². The van der Waals surface area contributed by atoms with Gasteiger partial charge in [-0.1, -0.05) is 12.1 Å². The number of nitrogens with one attached hydrogen (secondary N) is 1. The molecule has 6 heteroatoms. The highest BCUT2D eigenvalue weighted by molar-refractivity contribution is 5.97. The van der Waals surface area contributed by atoms with E-state index in [0.717, 1.165) is 47.6 Å². The molecule has 0 radical (unpaired) electrons. The summed E-state index contributed by atoms with van der Waals surface area (Å²) < 4.78 is 5.27. The second-order valence-corrected chi connectivity index (χ2v) is 6.42. The van der Waals surface area contributed by atoms with Crippen LogP contribution in [0.5, 0.6) is 5.75 Å². The number of aromatic nitrogens is 3. The number of ether oxygens (including phenoxy) is 1. The zero-order chi connectivity index (χ0) is 17.9. The number of aromatic amines is 1. The maximum Gasteiger partial charge on any atom is 0.230 e. The van der Waals surface area contributed by atoms with E-state index in [4.69, 9.17) is 4.74 Å². The molecule has 1 amide bonds. The number of H-pyrrole nitrogens is 1. The molecule has 3 aromatic rings. The lowest BCUT2D eigenvalue weighted by Crippen LogP contribution is -2.27. The Bertz CT molecular complexity index is 890. The standard InChI is InChI=1S/C20H20N4O2/c1-26-18-4-2-3-14(10-18)9-15-7-8-24(20(15)25)17-5-6-19(21-13-17)16-11-22-23-12-16/h2-6,10-13,15H,7-9H2,1H3,(H,22,23). The lowest BCUT2D eigenvalue weighted by atomic mass is 9.98. The van der Waals surface area contributed by atoms with Gasteiger partial charge in [0.25, 0.3) is 0 Å². The van der Waals surface area contributed by atoms with Crippen LogP contribution in [-0.2, 0) is 11.2 Å². The molecular weight excluding hydrogens is 328 g/mol. The van der Waals surface area contributed by atoms with Gasteiger partial charge in [0.2, 0.25) is 5.91 Å². The van der Waals surface area contributed by atoms with Crippen molar-refractivity contribution in [3.8, 4) is 17.0 Å². The minimum Gasteiger partial charge on any atom is -0.497 e. The van der Waals surface area contributed by atoms with Gasteiger partial charge in [-0.25, -0.2) is 0 Å². The number of amides is 1. The van der Waals surface area contributed by atoms with Crippen LogP contribution in [0.1, 0.15) is 12.0 Å². The number of rotatable bonds is 5. The van der Waals surface area contributed by atoms with E-state index < -0.39 is 0 Å². The first kappa shape index (κ1) is 16.3. The SMILES string of the molecule is COc1cccc(CC2CCN(c3ccc(-c4cn[nH]c4)nc3)C2=O)c1. The first-order valence-corrected chi connectivity index (χ1v) is 8.64. The molecule has 2 aromatic heterocycles. The van der Waals surface area contributed by atoms with E-state index in [9.17, 15) is 4.79 Å². The summed E-state index contributed by atoms with van der Waals surface area (Å²) in [5.74, 6) is 0.977. The van der Waals surface area contributed by atoms with E-state index in [1.165, 1.54) is 0 Å². The molecule has 26 heavy (non-hydrogen) atoms. The summed E-state index contributed by atoms with van der Waals surface area (Å²) in [5, 5.41) is 6.71. The molecule has 1 N–H and O–H groups in total. The first-order valence-electron chi connectivity index (χ1n) is 8.64. The van der Waals surface area contributed by atoms with Crippen molar-refractivity contribution in [1.29, 1.82) is 0 Å². The van der Waals surface area contributed by atoms with Crippen LogP contribution in [0.25, 0.3) is 11.3 Å². The second kappa shape index (κ2) is 7.00. The number of hydrogen-bond acceptors (Lipinski definition) is 4. The molecule has 4 rings (SSSR count). The molecule has 1 aliphatic heterocycles. The molecule has 3 heterocycles. The lowest BCUT2D eigenvalue weighted by molar-refractivity contribution is -0.120. The molecule has 0 aliphatic carbocycles. The van der Waals surface area contributed by atoms with Crippen LogP contribution in [0.4, 0.5) is 5.69 Å². The number of hydrogen-bond donors (Lipinski definition) is 1. The van der Waals surface area contributed by atoms with Crippen LogP contribution in [0.2, 0.25) is 0 Å². The molecule has 1 saturated heterocycles. The Hall–Kier alpha value is -3.15. The van der Waals surface area contributed by atoms with Crippen LogP contribution in [-0.4, -0.2) is 34.7 Å². The highest BCUT2D eigenvalue weighted by Crippen LogP contribution is 2.29. The number of benzene rings is 1. The van der Waals surface area contributed by atoms with Gasteiger partial charge in [0.05, 0.1) is 30.9 Å². The van der Waals surface area contributed by atoms with E-state index in [-0.39, 0.29) is 11.8 Å². The molecule has 0 spiro atoms. The molecule has 0 saturated carbocycles. The lowest BCUT2D eigenvalue weighted by Gasteiger charge is -2.17. The molecule has 1 unspecified atom stereocenters. The monoisotopic (exact) mass is 348 g/mol. The fourth-order valence-electron chi connectivity index (χ4n) is 3.38. The molecule has 1 aromatic carbocycles. The Morgan fingerprint density at radius 1 is 1.27 bits per heavy atom. The van der Waals surface area contributed by atoms with Crippen LogP contribution in [0.3, 0.4) is 0 Å². The average molecular weight is 348 g/mol. The second-order valence-electron chi connectivity index (χ2n) is 6.42. The van der Waals surface area contributed by atoms with Crippen molar-refractivity contribution in [3.05, 3.63) is 60.6 Å². The van der Waals surface area contributed by atoms with Gasteiger partial charge in [-0.15, -0.1) is 0 Å². The number of methoxy groups -OCH3 is 1. The fraction of sp³-hybridized carbons (Fsp3) is 0.250. The van der Waals surface area contributed by atoms with Crippen molar-refractivity contribution in [2.24, 2.45) is 5.92 Å². The predicted octanol–water partition coefficient (Wildman–Crippen LogP) is 3.08. The van der Waals surface area contributed by atoms with Crippen molar-refractivity contribution < 1.29 is 9.53 Å². The summed E-state index contributed by atoms with van der Waals surface area (Å²) >= 11 is 0. The average Bonchev–Trinajstić information content (AvgIpc) is 3.33. The topological polar surface area (TPSA) is 71.1 Å². The van der Waals surface area contributed by atoms with Gasteiger partial charge in [-0.2, -0.15) is 5.10 Å². The van der Waals surface area contributed by atoms with Crippen LogP contribution in [0, 0.1) is 5.92 Å². The minimum absolute atomic E-state index is 0.00402. The summed E-state index contributed by atoms with van der Waals surface area (Å²) in [5.41, 5.74) is 3.73. The molecule has 1 atom stereocenters. The quantitative estimate of drug-likeness (QED) is 0.769. The summed E-state index contributed by atoms with van der Waals surface area (Å²) in [4.78, 5) is 19.1. The summed E-state index contributed by atoms with van der Waals surface area (Å²) in [6.07, 6.45) is 6.86. The maximum atomic E-state index is 12.8. The van der Waals surface area contributed by atoms with Gasteiger partial charge in [0, 0.05) is 24.2 Å². The van der Waals surface area contributed by atoms with Gasteiger partial charge in [0.1, 0.15) is 5.75 Å². The third-order valence-electron chi connectivity index (χ3n) is 4.79. The maximum absolute atomic E-state index is 12.8. The Kier molecular flexibility index (Phi) is 4.39. The zero-order valence-corrected chi connectivity index (χ0v) is 14.6. The smallest absolute Gasteiger partial charge is 0.230 e. The molecular formula is C20H20N4O2. The fourth-order valence-corrected chi connectivity index (χ4v) is 3.38. The molecule has 1 aliphatic rings. The number of anilines is 1. The number of pyridine rings is 1. The van der Waals surface area contributed by atoms with Crippen molar-refractivity contribution in [2.45, 2.75) is 12.8 Å². The molecule has 6 nitrogen and oxygen atoms in total. The molecule has 1 fully saturated rings. The van der Waals surface area contributed by atoms with Crippen molar-refractivity contribution >= 4 is 11.6 Å². The summed E-state index contributed by atoms with van der Waals surface area (Å²) in [6.45, 7) is 0.722. The Balaban J connectivity index is 1.46. The molecule has 132 valence electrons. The molecule has 0 bridgehead atoms. The number of carbonyl (C=O) groups is 1. The van der Waals surface area contributed by atoms with E-state index in [1.807, 2.05) is 41.3 Å². The predicted molar refractivity (Wildman–Crippen MR) is 99.0 cm³/mol. The Labute approximate surface area is 151 Å². The van der Waals surface area contributed by atoms with Gasteiger partial charge < -0.3 is 9.64 Å². The summed E-state index contributed by atoms with van der Waals surface area (Å²) in [6, 6.07) is 11.8. The first-order chi connectivity index (χ1) is 12.7. The highest BCUT2D eigenvalue weighted by atomic mass is 16.5. The highest BCUT2D eigenvalue weighted by Gasteiger charge is 2.32.